The van der Waals surface area contributed by atoms with Gasteiger partial charge in [-0.3, -0.25) is 9.38 Å². The lowest BCUT2D eigenvalue weighted by molar-refractivity contribution is 0.495. The van der Waals surface area contributed by atoms with E-state index in [1.165, 1.54) is 6.20 Å². The average Bonchev–Trinajstić information content (AvgIpc) is 2.49. The topological polar surface area (TPSA) is 12.4 Å². The predicted molar refractivity (Wildman–Crippen MR) is 84.0 cm³/mol. The van der Waals surface area contributed by atoms with E-state index in [9.17, 15) is 4.39 Å². The van der Waals surface area contributed by atoms with Crippen LogP contribution in [-0.4, -0.2) is 12.4 Å². The van der Waals surface area contributed by atoms with Gasteiger partial charge in [0.25, 0.3) is 0 Å². The van der Waals surface area contributed by atoms with Crippen molar-refractivity contribution in [3.8, 4) is 11.1 Å². The second-order valence-electron chi connectivity index (χ2n) is 4.57. The Balaban J connectivity index is 2.53. The van der Waals surface area contributed by atoms with Crippen LogP contribution in [0.4, 0.5) is 4.39 Å². The van der Waals surface area contributed by atoms with Crippen molar-refractivity contribution in [2.45, 2.75) is 13.3 Å². The normalized spacial score (nSPS) is 11.4. The van der Waals surface area contributed by atoms with E-state index in [1.807, 2.05) is 49.4 Å². The summed E-state index contributed by atoms with van der Waals surface area (Å²) in [5, 5.41) is 0. The molecule has 0 atom stereocenters. The van der Waals surface area contributed by atoms with Gasteiger partial charge in [0.2, 0.25) is 0 Å². The first kappa shape index (κ1) is 14.2. The molecule has 0 radical (unpaired) electrons. The van der Waals surface area contributed by atoms with Gasteiger partial charge in [0, 0.05) is 18.3 Å². The van der Waals surface area contributed by atoms with Gasteiger partial charge in [-0.25, -0.2) is 0 Å². The van der Waals surface area contributed by atoms with Crippen molar-refractivity contribution in [2.24, 2.45) is 4.99 Å². The molecule has 2 rings (SSSR count). The van der Waals surface area contributed by atoms with Crippen LogP contribution in [0.5, 0.6) is 0 Å². The number of rotatable bonds is 5. The number of halogens is 1. The molecule has 1 nitrogen and oxygen atoms in total. The molecule has 0 N–H and O–H groups in total. The molecule has 0 bridgehead atoms. The van der Waals surface area contributed by atoms with Crippen molar-refractivity contribution in [1.29, 1.82) is 0 Å². The summed E-state index contributed by atoms with van der Waals surface area (Å²) >= 11 is 0. The van der Waals surface area contributed by atoms with E-state index in [0.717, 1.165) is 28.0 Å². The minimum atomic E-state index is -0.348. The Morgan fingerprint density at radius 2 is 1.95 bits per heavy atom. The standard InChI is InChI=1S/C18H18FN/c1-3-20-14(2)17-10-9-16(11-12-19)18(13-17)15-7-5-4-6-8-15/h3-10,13H,1,11-12H2,2H3. The Labute approximate surface area is 119 Å². The maximum atomic E-state index is 12.7. The smallest absolute Gasteiger partial charge is 0.0934 e. The largest absolute Gasteiger partial charge is 0.262 e. The third-order valence-electron chi connectivity index (χ3n) is 3.26. The molecular formula is C18H18FN. The molecule has 0 saturated carbocycles. The Morgan fingerprint density at radius 1 is 1.20 bits per heavy atom. The van der Waals surface area contributed by atoms with E-state index in [4.69, 9.17) is 0 Å². The fourth-order valence-corrected chi connectivity index (χ4v) is 2.22. The molecule has 2 aromatic rings. The van der Waals surface area contributed by atoms with Gasteiger partial charge in [-0.15, -0.1) is 0 Å². The number of alkyl halides is 1. The lowest BCUT2D eigenvalue weighted by atomic mass is 9.94. The summed E-state index contributed by atoms with van der Waals surface area (Å²) in [6, 6.07) is 16.1. The summed E-state index contributed by atoms with van der Waals surface area (Å²) in [6.45, 7) is 5.21. The van der Waals surface area contributed by atoms with Crippen LogP contribution in [0.2, 0.25) is 0 Å². The molecule has 0 aromatic heterocycles. The zero-order valence-electron chi connectivity index (χ0n) is 11.6. The first-order valence-electron chi connectivity index (χ1n) is 6.66. The summed E-state index contributed by atoms with van der Waals surface area (Å²) < 4.78 is 12.7. The van der Waals surface area contributed by atoms with Crippen molar-refractivity contribution in [2.75, 3.05) is 6.67 Å². The number of nitrogens with zero attached hydrogens (tertiary/aromatic N) is 1. The van der Waals surface area contributed by atoms with E-state index < -0.39 is 0 Å². The van der Waals surface area contributed by atoms with Gasteiger partial charge in [-0.05, 0) is 35.2 Å². The minimum absolute atomic E-state index is 0.348. The maximum Gasteiger partial charge on any atom is 0.0934 e. The summed E-state index contributed by atoms with van der Waals surface area (Å²) in [6.07, 6.45) is 1.97. The molecule has 0 aliphatic carbocycles. The van der Waals surface area contributed by atoms with Crippen molar-refractivity contribution < 1.29 is 4.39 Å². The van der Waals surface area contributed by atoms with Crippen LogP contribution < -0.4 is 0 Å². The molecule has 0 aliphatic heterocycles. The molecule has 2 aromatic carbocycles. The summed E-state index contributed by atoms with van der Waals surface area (Å²) in [4.78, 5) is 4.21. The van der Waals surface area contributed by atoms with E-state index >= 15 is 0 Å². The molecule has 102 valence electrons. The van der Waals surface area contributed by atoms with Crippen LogP contribution >= 0.6 is 0 Å². The van der Waals surface area contributed by atoms with Gasteiger partial charge in [-0.1, -0.05) is 49.0 Å². The number of aliphatic imine (C=N–C) groups is 1. The quantitative estimate of drug-likeness (QED) is 0.689. The molecule has 0 spiro atoms. The van der Waals surface area contributed by atoms with Crippen LogP contribution in [0.1, 0.15) is 18.1 Å². The van der Waals surface area contributed by atoms with Gasteiger partial charge in [-0.2, -0.15) is 0 Å². The van der Waals surface area contributed by atoms with Gasteiger partial charge in [0.1, 0.15) is 0 Å². The van der Waals surface area contributed by atoms with Crippen molar-refractivity contribution in [3.63, 3.8) is 0 Å². The van der Waals surface area contributed by atoms with Gasteiger partial charge < -0.3 is 0 Å². The van der Waals surface area contributed by atoms with Crippen LogP contribution in [0.3, 0.4) is 0 Å². The second kappa shape index (κ2) is 6.80. The maximum absolute atomic E-state index is 12.7. The monoisotopic (exact) mass is 267 g/mol. The highest BCUT2D eigenvalue weighted by molar-refractivity contribution is 6.00. The Morgan fingerprint density at radius 3 is 2.60 bits per heavy atom. The van der Waals surface area contributed by atoms with Crippen LogP contribution in [0, 0.1) is 0 Å². The Kier molecular flexibility index (Phi) is 4.83. The molecule has 0 aliphatic rings. The van der Waals surface area contributed by atoms with Crippen molar-refractivity contribution in [3.05, 3.63) is 72.4 Å². The number of benzene rings is 2. The fraction of sp³-hybridized carbons (Fsp3) is 0.167. The van der Waals surface area contributed by atoms with E-state index in [1.54, 1.807) is 0 Å². The van der Waals surface area contributed by atoms with Crippen LogP contribution in [-0.2, 0) is 6.42 Å². The zero-order valence-corrected chi connectivity index (χ0v) is 11.6. The number of aryl methyl sites for hydroxylation is 1. The van der Waals surface area contributed by atoms with Gasteiger partial charge >= 0.3 is 0 Å². The fourth-order valence-electron chi connectivity index (χ4n) is 2.22. The zero-order chi connectivity index (χ0) is 14.4. The third-order valence-corrected chi connectivity index (χ3v) is 3.26. The van der Waals surface area contributed by atoms with E-state index in [0.29, 0.717) is 6.42 Å². The highest BCUT2D eigenvalue weighted by Gasteiger charge is 2.07. The molecular weight excluding hydrogens is 249 g/mol. The SMILES string of the molecule is C=CN=C(C)c1ccc(CCF)c(-c2ccccc2)c1. The summed E-state index contributed by atoms with van der Waals surface area (Å²) in [5.74, 6) is 0. The second-order valence-corrected chi connectivity index (χ2v) is 4.57. The highest BCUT2D eigenvalue weighted by atomic mass is 19.1. The lowest BCUT2D eigenvalue weighted by Crippen LogP contribution is -1.98. The van der Waals surface area contributed by atoms with E-state index in [-0.39, 0.29) is 6.67 Å². The first-order valence-corrected chi connectivity index (χ1v) is 6.66. The minimum Gasteiger partial charge on any atom is -0.262 e. The van der Waals surface area contributed by atoms with Crippen molar-refractivity contribution in [1.82, 2.24) is 0 Å². The molecule has 0 amide bonds. The number of hydrogen-bond donors (Lipinski definition) is 0. The van der Waals surface area contributed by atoms with Gasteiger partial charge in [0.05, 0.1) is 6.67 Å². The van der Waals surface area contributed by atoms with Crippen LogP contribution in [0.25, 0.3) is 11.1 Å². The first-order chi connectivity index (χ1) is 9.76. The van der Waals surface area contributed by atoms with Gasteiger partial charge in [0.15, 0.2) is 0 Å². The Bertz CT molecular complexity index is 615. The lowest BCUT2D eigenvalue weighted by Gasteiger charge is -2.11. The van der Waals surface area contributed by atoms with E-state index in [2.05, 4.69) is 17.6 Å². The predicted octanol–water partition coefficient (Wildman–Crippen LogP) is 4.82. The number of hydrogen-bond acceptors (Lipinski definition) is 1. The molecule has 20 heavy (non-hydrogen) atoms. The molecule has 0 heterocycles. The molecule has 0 fully saturated rings. The molecule has 0 saturated heterocycles. The molecule has 2 heteroatoms. The average molecular weight is 267 g/mol. The van der Waals surface area contributed by atoms with Crippen LogP contribution in [0.15, 0.2) is 66.3 Å². The highest BCUT2D eigenvalue weighted by Crippen LogP contribution is 2.26. The van der Waals surface area contributed by atoms with Crippen molar-refractivity contribution >= 4 is 5.71 Å². The Hall–Kier alpha value is -2.22. The summed E-state index contributed by atoms with van der Waals surface area (Å²) in [5.41, 5.74) is 5.13. The molecule has 0 unspecified atom stereocenters. The third kappa shape index (κ3) is 3.21. The summed E-state index contributed by atoms with van der Waals surface area (Å²) in [7, 11) is 0.